The Balaban J connectivity index is 2.37. The Morgan fingerprint density at radius 2 is 1.62 bits per heavy atom. The predicted octanol–water partition coefficient (Wildman–Crippen LogP) is 3.76. The van der Waals surface area contributed by atoms with Gasteiger partial charge in [-0.2, -0.15) is 0 Å². The van der Waals surface area contributed by atoms with Crippen molar-refractivity contribution in [2.75, 3.05) is 0 Å². The van der Waals surface area contributed by atoms with Gasteiger partial charge in [-0.15, -0.1) is 0 Å². The summed E-state index contributed by atoms with van der Waals surface area (Å²) in [6.07, 6.45) is 7.66. The Bertz CT molecular complexity index is 143. The highest BCUT2D eigenvalue weighted by atomic mass is 28.2. The van der Waals surface area contributed by atoms with E-state index >= 15 is 0 Å². The lowest BCUT2D eigenvalue weighted by atomic mass is 9.98. The summed E-state index contributed by atoms with van der Waals surface area (Å²) < 4.78 is 0. The van der Waals surface area contributed by atoms with Gasteiger partial charge in [0.05, 0.1) is 0 Å². The highest BCUT2D eigenvalue weighted by molar-refractivity contribution is 6.41. The lowest BCUT2D eigenvalue weighted by molar-refractivity contribution is 0.443. The average molecular weight is 198 g/mol. The van der Waals surface area contributed by atoms with Crippen LogP contribution in [0.25, 0.3) is 0 Å². The third-order valence-electron chi connectivity index (χ3n) is 4.10. The third kappa shape index (κ3) is 3.45. The van der Waals surface area contributed by atoms with Gasteiger partial charge in [-0.1, -0.05) is 65.3 Å². The van der Waals surface area contributed by atoms with E-state index in [0.29, 0.717) is 5.04 Å². The average Bonchev–Trinajstić information content (AvgIpc) is 2.05. The molecular formula is C12H26Si. The molecule has 0 unspecified atom stereocenters. The quantitative estimate of drug-likeness (QED) is 0.606. The molecule has 0 bridgehead atoms. The molecule has 13 heavy (non-hydrogen) atoms. The van der Waals surface area contributed by atoms with Crippen molar-refractivity contribution in [2.24, 2.45) is 5.92 Å². The van der Waals surface area contributed by atoms with Crippen molar-refractivity contribution in [2.45, 2.75) is 70.4 Å². The van der Waals surface area contributed by atoms with Crippen molar-refractivity contribution >= 4 is 9.52 Å². The molecule has 0 nitrogen and oxygen atoms in total. The maximum Gasteiger partial charge on any atom is 0.0299 e. The summed E-state index contributed by atoms with van der Waals surface area (Å²) in [6, 6.07) is 0. The fourth-order valence-corrected chi connectivity index (χ4v) is 5.32. The van der Waals surface area contributed by atoms with Crippen LogP contribution in [0.4, 0.5) is 0 Å². The normalized spacial score (nSPS) is 21.9. The minimum atomic E-state index is 0.146. The maximum atomic E-state index is 2.50. The molecule has 0 spiro atoms. The number of rotatable bonds is 3. The topological polar surface area (TPSA) is 0 Å². The zero-order valence-corrected chi connectivity index (χ0v) is 11.3. The number of hydrogen-bond acceptors (Lipinski definition) is 0. The van der Waals surface area contributed by atoms with Crippen molar-refractivity contribution in [1.82, 2.24) is 0 Å². The van der Waals surface area contributed by atoms with E-state index in [9.17, 15) is 0 Å². The summed E-state index contributed by atoms with van der Waals surface area (Å²) in [4.78, 5) is 0. The molecule has 0 radical (unpaired) electrons. The zero-order valence-electron chi connectivity index (χ0n) is 9.90. The van der Waals surface area contributed by atoms with Gasteiger partial charge in [0.25, 0.3) is 0 Å². The van der Waals surface area contributed by atoms with Crippen LogP contribution >= 0.6 is 0 Å². The van der Waals surface area contributed by atoms with Gasteiger partial charge in [0.1, 0.15) is 0 Å². The second-order valence-electron chi connectivity index (χ2n) is 5.85. The van der Waals surface area contributed by atoms with Crippen molar-refractivity contribution in [3.63, 3.8) is 0 Å². The second kappa shape index (κ2) is 4.63. The molecule has 1 aliphatic carbocycles. The highest BCUT2D eigenvalue weighted by Crippen LogP contribution is 2.40. The fourth-order valence-electron chi connectivity index (χ4n) is 2.37. The molecule has 0 N–H and O–H groups in total. The Hall–Kier alpha value is 0.217. The van der Waals surface area contributed by atoms with Gasteiger partial charge in [0, 0.05) is 9.52 Å². The molecule has 78 valence electrons. The summed E-state index contributed by atoms with van der Waals surface area (Å²) in [7, 11) is 0.146. The van der Waals surface area contributed by atoms with Gasteiger partial charge >= 0.3 is 0 Å². The van der Waals surface area contributed by atoms with Crippen LogP contribution in [0.15, 0.2) is 0 Å². The summed E-state index contributed by atoms with van der Waals surface area (Å²) in [5.41, 5.74) is 1.17. The summed E-state index contributed by atoms with van der Waals surface area (Å²) in [5, 5.41) is 0.696. The van der Waals surface area contributed by atoms with Crippen LogP contribution in [0, 0.1) is 5.92 Å². The molecule has 0 amide bonds. The Labute approximate surface area is 86.3 Å². The minimum absolute atomic E-state index is 0.146. The van der Waals surface area contributed by atoms with Crippen LogP contribution in [-0.2, 0) is 0 Å². The van der Waals surface area contributed by atoms with Crippen molar-refractivity contribution in [3.8, 4) is 0 Å². The molecule has 0 aromatic heterocycles. The maximum absolute atomic E-state index is 2.50. The van der Waals surface area contributed by atoms with Crippen molar-refractivity contribution in [3.05, 3.63) is 0 Å². The van der Waals surface area contributed by atoms with Crippen molar-refractivity contribution in [1.29, 1.82) is 0 Å². The van der Waals surface area contributed by atoms with Crippen LogP contribution in [0.3, 0.4) is 0 Å². The molecule has 1 rings (SSSR count). The first kappa shape index (κ1) is 11.3. The van der Waals surface area contributed by atoms with E-state index in [1.807, 2.05) is 0 Å². The van der Waals surface area contributed by atoms with Gasteiger partial charge in [-0.05, 0) is 11.0 Å². The van der Waals surface area contributed by atoms with Gasteiger partial charge in [-0.25, -0.2) is 0 Å². The van der Waals surface area contributed by atoms with Gasteiger partial charge < -0.3 is 0 Å². The Kier molecular flexibility index (Phi) is 4.02. The van der Waals surface area contributed by atoms with Gasteiger partial charge in [-0.3, -0.25) is 0 Å². The molecule has 1 fully saturated rings. The van der Waals surface area contributed by atoms with E-state index in [0.717, 1.165) is 5.92 Å². The SMILES string of the molecule is CC(C)C(C)(C)[SiH2]C1CCCCC1. The van der Waals surface area contributed by atoms with E-state index in [1.165, 1.54) is 24.8 Å². The molecular weight excluding hydrogens is 172 g/mol. The van der Waals surface area contributed by atoms with E-state index in [4.69, 9.17) is 0 Å². The lowest BCUT2D eigenvalue weighted by Gasteiger charge is -2.34. The smallest absolute Gasteiger partial charge is 0.0299 e. The first-order valence-electron chi connectivity index (χ1n) is 6.02. The molecule has 0 aliphatic heterocycles. The first-order chi connectivity index (χ1) is 6.02. The standard InChI is InChI=1S/C12H26Si/c1-10(2)12(3,4)13-11-8-6-5-7-9-11/h10-11H,5-9,13H2,1-4H3. The van der Waals surface area contributed by atoms with Gasteiger partial charge in [0.15, 0.2) is 0 Å². The predicted molar refractivity (Wildman–Crippen MR) is 64.3 cm³/mol. The van der Waals surface area contributed by atoms with Crippen molar-refractivity contribution < 1.29 is 0 Å². The Morgan fingerprint density at radius 1 is 1.08 bits per heavy atom. The van der Waals surface area contributed by atoms with E-state index in [-0.39, 0.29) is 9.52 Å². The summed E-state index contributed by atoms with van der Waals surface area (Å²) in [6.45, 7) is 9.79. The van der Waals surface area contributed by atoms with Crippen LogP contribution in [0.1, 0.15) is 59.8 Å². The number of hydrogen-bond donors (Lipinski definition) is 0. The lowest BCUT2D eigenvalue weighted by Crippen LogP contribution is -2.24. The largest absolute Gasteiger partial charge is 0.0626 e. The van der Waals surface area contributed by atoms with Crippen LogP contribution < -0.4 is 0 Å². The molecule has 0 heterocycles. The second-order valence-corrected chi connectivity index (χ2v) is 9.24. The fraction of sp³-hybridized carbons (Fsp3) is 1.00. The third-order valence-corrected chi connectivity index (χ3v) is 7.37. The molecule has 1 saturated carbocycles. The van der Waals surface area contributed by atoms with Gasteiger partial charge in [0.2, 0.25) is 0 Å². The Morgan fingerprint density at radius 3 is 2.08 bits per heavy atom. The van der Waals surface area contributed by atoms with Crippen LogP contribution in [-0.4, -0.2) is 9.52 Å². The van der Waals surface area contributed by atoms with E-state index in [2.05, 4.69) is 27.7 Å². The van der Waals surface area contributed by atoms with Crippen LogP contribution in [0.5, 0.6) is 0 Å². The molecule has 1 heteroatoms. The monoisotopic (exact) mass is 198 g/mol. The minimum Gasteiger partial charge on any atom is -0.0626 e. The molecule has 0 atom stereocenters. The summed E-state index contributed by atoms with van der Waals surface area (Å²) in [5.74, 6) is 0.890. The molecule has 0 aromatic carbocycles. The van der Waals surface area contributed by atoms with E-state index < -0.39 is 0 Å². The zero-order chi connectivity index (χ0) is 9.90. The molecule has 1 aliphatic rings. The summed E-state index contributed by atoms with van der Waals surface area (Å²) >= 11 is 0. The highest BCUT2D eigenvalue weighted by Gasteiger charge is 2.27. The van der Waals surface area contributed by atoms with E-state index in [1.54, 1.807) is 12.8 Å². The molecule has 0 saturated heterocycles. The van der Waals surface area contributed by atoms with Crippen LogP contribution in [0.2, 0.25) is 10.6 Å². The molecule has 0 aromatic rings. The first-order valence-corrected chi connectivity index (χ1v) is 7.55.